The van der Waals surface area contributed by atoms with Gasteiger partial charge >= 0.3 is 0 Å². The molecule has 0 saturated heterocycles. The number of pyridine rings is 1. The third kappa shape index (κ3) is 2.77. The normalized spacial score (nSPS) is 13.3. The van der Waals surface area contributed by atoms with E-state index in [1.807, 2.05) is 13.8 Å². The summed E-state index contributed by atoms with van der Waals surface area (Å²) in [5, 5.41) is 9.57. The number of aliphatic hydroxyl groups is 1. The van der Waals surface area contributed by atoms with E-state index in [0.29, 0.717) is 12.3 Å². The molecule has 1 unspecified atom stereocenters. The van der Waals surface area contributed by atoms with E-state index in [9.17, 15) is 9.50 Å². The predicted molar refractivity (Wildman–Crippen MR) is 48.6 cm³/mol. The molecule has 0 aromatic carbocycles. The van der Waals surface area contributed by atoms with Gasteiger partial charge in [-0.05, 0) is 24.5 Å². The third-order valence-electron chi connectivity index (χ3n) is 1.80. The molecule has 0 aliphatic rings. The van der Waals surface area contributed by atoms with Crippen LogP contribution in [0.15, 0.2) is 18.3 Å². The van der Waals surface area contributed by atoms with Crippen molar-refractivity contribution in [2.75, 3.05) is 0 Å². The fourth-order valence-corrected chi connectivity index (χ4v) is 1.20. The quantitative estimate of drug-likeness (QED) is 0.780. The van der Waals surface area contributed by atoms with Crippen molar-refractivity contribution in [1.82, 2.24) is 4.98 Å². The van der Waals surface area contributed by atoms with Gasteiger partial charge in [0.15, 0.2) is 0 Å². The molecule has 0 aliphatic heterocycles. The number of aromatic nitrogens is 1. The standard InChI is InChI=1S/C10H14FNO/c1-7(2)6-9(13)10-8(11)4-3-5-12-10/h3-5,7,9,13H,6H2,1-2H3. The van der Waals surface area contributed by atoms with E-state index >= 15 is 0 Å². The van der Waals surface area contributed by atoms with Gasteiger partial charge in [-0.2, -0.15) is 0 Å². The van der Waals surface area contributed by atoms with Crippen molar-refractivity contribution < 1.29 is 9.50 Å². The first-order valence-electron chi connectivity index (χ1n) is 4.39. The van der Waals surface area contributed by atoms with Crippen LogP contribution in [0.1, 0.15) is 32.1 Å². The smallest absolute Gasteiger partial charge is 0.147 e. The van der Waals surface area contributed by atoms with E-state index in [1.165, 1.54) is 18.3 Å². The van der Waals surface area contributed by atoms with Crippen molar-refractivity contribution in [1.29, 1.82) is 0 Å². The van der Waals surface area contributed by atoms with E-state index < -0.39 is 11.9 Å². The van der Waals surface area contributed by atoms with Gasteiger partial charge < -0.3 is 5.11 Å². The van der Waals surface area contributed by atoms with Crippen molar-refractivity contribution in [2.45, 2.75) is 26.4 Å². The van der Waals surface area contributed by atoms with Crippen LogP contribution in [0.5, 0.6) is 0 Å². The van der Waals surface area contributed by atoms with Crippen molar-refractivity contribution >= 4 is 0 Å². The summed E-state index contributed by atoms with van der Waals surface area (Å²) in [6.07, 6.45) is 1.23. The lowest BCUT2D eigenvalue weighted by Gasteiger charge is -2.12. The fourth-order valence-electron chi connectivity index (χ4n) is 1.20. The molecule has 0 amide bonds. The number of hydrogen-bond donors (Lipinski definition) is 1. The van der Waals surface area contributed by atoms with Crippen LogP contribution in [0.3, 0.4) is 0 Å². The highest BCUT2D eigenvalue weighted by Crippen LogP contribution is 2.20. The van der Waals surface area contributed by atoms with Crippen LogP contribution in [-0.4, -0.2) is 10.1 Å². The molecule has 0 fully saturated rings. The maximum absolute atomic E-state index is 13.1. The fraction of sp³-hybridized carbons (Fsp3) is 0.500. The minimum Gasteiger partial charge on any atom is -0.387 e. The summed E-state index contributed by atoms with van der Waals surface area (Å²) >= 11 is 0. The number of nitrogens with zero attached hydrogens (tertiary/aromatic N) is 1. The van der Waals surface area contributed by atoms with Gasteiger partial charge in [0.05, 0.1) is 6.10 Å². The Hall–Kier alpha value is -0.960. The predicted octanol–water partition coefficient (Wildman–Crippen LogP) is 2.30. The van der Waals surface area contributed by atoms with Gasteiger partial charge in [0, 0.05) is 6.20 Å². The second-order valence-corrected chi connectivity index (χ2v) is 3.52. The van der Waals surface area contributed by atoms with E-state index in [4.69, 9.17) is 0 Å². The summed E-state index contributed by atoms with van der Waals surface area (Å²) in [4.78, 5) is 3.81. The van der Waals surface area contributed by atoms with Crippen molar-refractivity contribution in [3.05, 3.63) is 29.8 Å². The largest absolute Gasteiger partial charge is 0.387 e. The SMILES string of the molecule is CC(C)CC(O)c1ncccc1F. The molecule has 1 aromatic heterocycles. The van der Waals surface area contributed by atoms with Crippen LogP contribution in [-0.2, 0) is 0 Å². The van der Waals surface area contributed by atoms with Crippen LogP contribution in [0, 0.1) is 11.7 Å². The second kappa shape index (κ2) is 4.33. The van der Waals surface area contributed by atoms with Gasteiger partial charge in [-0.1, -0.05) is 13.8 Å². The van der Waals surface area contributed by atoms with E-state index in [1.54, 1.807) is 0 Å². The van der Waals surface area contributed by atoms with Crippen LogP contribution >= 0.6 is 0 Å². The number of rotatable bonds is 3. The van der Waals surface area contributed by atoms with Gasteiger partial charge in [-0.3, -0.25) is 4.98 Å². The zero-order chi connectivity index (χ0) is 9.84. The summed E-state index contributed by atoms with van der Waals surface area (Å²) in [6, 6.07) is 2.83. The molecule has 1 aromatic rings. The highest BCUT2D eigenvalue weighted by molar-refractivity contribution is 5.09. The van der Waals surface area contributed by atoms with Crippen LogP contribution in [0.4, 0.5) is 4.39 Å². The molecule has 0 saturated carbocycles. The van der Waals surface area contributed by atoms with E-state index in [2.05, 4.69) is 4.98 Å². The summed E-state index contributed by atoms with van der Waals surface area (Å²) in [6.45, 7) is 3.95. The van der Waals surface area contributed by atoms with Crippen LogP contribution in [0.25, 0.3) is 0 Å². The van der Waals surface area contributed by atoms with Crippen molar-refractivity contribution in [3.8, 4) is 0 Å². The Morgan fingerprint density at radius 1 is 1.54 bits per heavy atom. The summed E-state index contributed by atoms with van der Waals surface area (Å²) in [5.74, 6) is -0.105. The van der Waals surface area contributed by atoms with Gasteiger partial charge in [-0.15, -0.1) is 0 Å². The molecule has 1 rings (SSSR count). The summed E-state index contributed by atoms with van der Waals surface area (Å²) < 4.78 is 13.1. The third-order valence-corrected chi connectivity index (χ3v) is 1.80. The van der Waals surface area contributed by atoms with Crippen molar-refractivity contribution in [2.24, 2.45) is 5.92 Å². The minimum atomic E-state index is -0.791. The zero-order valence-corrected chi connectivity index (χ0v) is 7.87. The summed E-state index contributed by atoms with van der Waals surface area (Å²) in [5.41, 5.74) is 0.149. The average molecular weight is 183 g/mol. The molecule has 0 bridgehead atoms. The monoisotopic (exact) mass is 183 g/mol. The Morgan fingerprint density at radius 2 is 2.23 bits per heavy atom. The Kier molecular flexibility index (Phi) is 3.37. The number of aliphatic hydroxyl groups excluding tert-OH is 1. The van der Waals surface area contributed by atoms with Gasteiger partial charge in [0.25, 0.3) is 0 Å². The first-order valence-corrected chi connectivity index (χ1v) is 4.39. The van der Waals surface area contributed by atoms with Gasteiger partial charge in [-0.25, -0.2) is 4.39 Å². The molecule has 0 radical (unpaired) electrons. The number of hydrogen-bond acceptors (Lipinski definition) is 2. The zero-order valence-electron chi connectivity index (χ0n) is 7.87. The molecule has 1 atom stereocenters. The first-order chi connectivity index (χ1) is 6.11. The maximum atomic E-state index is 13.1. The molecule has 0 spiro atoms. The van der Waals surface area contributed by atoms with E-state index in [-0.39, 0.29) is 5.69 Å². The lowest BCUT2D eigenvalue weighted by atomic mass is 10.0. The average Bonchev–Trinajstić information content (AvgIpc) is 2.03. The molecule has 3 heteroatoms. The van der Waals surface area contributed by atoms with E-state index in [0.717, 1.165) is 0 Å². The molecular formula is C10H14FNO. The first kappa shape index (κ1) is 10.1. The molecule has 1 N–H and O–H groups in total. The van der Waals surface area contributed by atoms with Gasteiger partial charge in [0.2, 0.25) is 0 Å². The van der Waals surface area contributed by atoms with Gasteiger partial charge in [0.1, 0.15) is 11.5 Å². The molecular weight excluding hydrogens is 169 g/mol. The topological polar surface area (TPSA) is 33.1 Å². The molecule has 2 nitrogen and oxygen atoms in total. The Balaban J connectivity index is 2.76. The summed E-state index contributed by atoms with van der Waals surface area (Å²) in [7, 11) is 0. The van der Waals surface area contributed by atoms with Crippen LogP contribution < -0.4 is 0 Å². The van der Waals surface area contributed by atoms with Crippen molar-refractivity contribution in [3.63, 3.8) is 0 Å². The number of halogens is 1. The highest BCUT2D eigenvalue weighted by atomic mass is 19.1. The molecule has 1 heterocycles. The second-order valence-electron chi connectivity index (χ2n) is 3.52. The lowest BCUT2D eigenvalue weighted by molar-refractivity contribution is 0.142. The minimum absolute atomic E-state index is 0.149. The highest BCUT2D eigenvalue weighted by Gasteiger charge is 2.14. The Morgan fingerprint density at radius 3 is 2.77 bits per heavy atom. The lowest BCUT2D eigenvalue weighted by Crippen LogP contribution is -2.06. The van der Waals surface area contributed by atoms with Crippen LogP contribution in [0.2, 0.25) is 0 Å². The molecule has 0 aliphatic carbocycles. The Bertz CT molecular complexity index is 275. The Labute approximate surface area is 77.4 Å². The maximum Gasteiger partial charge on any atom is 0.147 e. The molecule has 13 heavy (non-hydrogen) atoms. The molecule has 72 valence electrons.